The van der Waals surface area contributed by atoms with Crippen molar-refractivity contribution in [2.45, 2.75) is 34.1 Å². The van der Waals surface area contributed by atoms with E-state index in [0.717, 1.165) is 12.0 Å². The summed E-state index contributed by atoms with van der Waals surface area (Å²) in [6.45, 7) is 12.9. The normalized spacial score (nSPS) is 17.4. The summed E-state index contributed by atoms with van der Waals surface area (Å²) < 4.78 is 0. The number of rotatable bonds is 1. The molecule has 0 fully saturated rings. The Kier molecular flexibility index (Phi) is 8.62. The molecule has 0 spiro atoms. The second kappa shape index (κ2) is 7.69. The van der Waals surface area contributed by atoms with Crippen molar-refractivity contribution in [3.05, 3.63) is 58.7 Å². The van der Waals surface area contributed by atoms with Crippen LogP contribution in [0.1, 0.15) is 34.1 Å². The maximum absolute atomic E-state index is 4.01. The van der Waals surface area contributed by atoms with Crippen LogP contribution >= 0.6 is 0 Å². The molecule has 0 nitrogen and oxygen atoms in total. The Morgan fingerprint density at radius 2 is 1.79 bits per heavy atom. The fraction of sp³-hybridized carbons (Fsp3) is 0.375. The van der Waals surface area contributed by atoms with E-state index < -0.39 is 0 Å². The van der Waals surface area contributed by atoms with Crippen LogP contribution in [0.25, 0.3) is 0 Å². The Bertz CT molecular complexity index is 471. The second-order valence-electron chi connectivity index (χ2n) is 5.60. The molecule has 101 valence electrons. The minimum atomic E-state index is 0. The molecule has 0 bridgehead atoms. The predicted molar refractivity (Wildman–Crippen MR) is 69.9 cm³/mol. The molecule has 0 unspecified atom stereocenters. The van der Waals surface area contributed by atoms with E-state index in [0.29, 0.717) is 0 Å². The van der Waals surface area contributed by atoms with Crippen LogP contribution < -0.4 is 24.8 Å². The minimum absolute atomic E-state index is 0. The van der Waals surface area contributed by atoms with Crippen molar-refractivity contribution in [3.63, 3.8) is 0 Å². The van der Waals surface area contributed by atoms with Crippen LogP contribution in [0.5, 0.6) is 0 Å². The van der Waals surface area contributed by atoms with Gasteiger partial charge in [0.05, 0.1) is 0 Å². The third-order valence-electron chi connectivity index (χ3n) is 3.11. The molecule has 0 heterocycles. The molecule has 1 radical (unpaired) electrons. The van der Waals surface area contributed by atoms with Crippen LogP contribution in [0.4, 0.5) is 0 Å². The molecule has 0 amide bonds. The molecule has 0 N–H and O–H groups in total. The third-order valence-corrected chi connectivity index (χ3v) is 3.11. The number of halogens is 2. The molecule has 0 aliphatic heterocycles. The molecule has 3 heteroatoms. The number of allylic oxidation sites excluding steroid dienone is 9. The van der Waals surface area contributed by atoms with E-state index in [4.69, 9.17) is 0 Å². The van der Waals surface area contributed by atoms with Crippen LogP contribution in [0.3, 0.4) is 0 Å². The topological polar surface area (TPSA) is 0 Å². The fourth-order valence-corrected chi connectivity index (χ4v) is 2.28. The number of hydrogen-bond acceptors (Lipinski definition) is 0. The summed E-state index contributed by atoms with van der Waals surface area (Å²) in [6.07, 6.45) is 11.1. The van der Waals surface area contributed by atoms with E-state index >= 15 is 0 Å². The summed E-state index contributed by atoms with van der Waals surface area (Å²) in [5.41, 5.74) is 6.62. The molecule has 0 aromatic heterocycles. The quantitative estimate of drug-likeness (QED) is 0.407. The van der Waals surface area contributed by atoms with Gasteiger partial charge in [-0.3, -0.25) is 0 Å². The average Bonchev–Trinajstić information content (AvgIpc) is 2.70. The zero-order chi connectivity index (χ0) is 11.9. The van der Waals surface area contributed by atoms with Crippen LogP contribution in [-0.4, -0.2) is 0 Å². The Balaban J connectivity index is 0. The Hall–Kier alpha value is -0.00571. The molecule has 2 aliphatic carbocycles. The van der Waals surface area contributed by atoms with Gasteiger partial charge in [0.25, 0.3) is 0 Å². The van der Waals surface area contributed by atoms with E-state index in [1.807, 2.05) is 0 Å². The first kappa shape index (κ1) is 21.3. The zero-order valence-corrected chi connectivity index (χ0v) is 15.0. The minimum Gasteiger partial charge on any atom is -1.00 e. The van der Waals surface area contributed by atoms with Gasteiger partial charge in [-0.1, -0.05) is 44.1 Å². The third kappa shape index (κ3) is 4.50. The van der Waals surface area contributed by atoms with Crippen molar-refractivity contribution in [2.75, 3.05) is 0 Å². The van der Waals surface area contributed by atoms with Gasteiger partial charge in [-0.2, -0.15) is 18.2 Å². The van der Waals surface area contributed by atoms with Crippen molar-refractivity contribution in [2.24, 2.45) is 5.41 Å². The summed E-state index contributed by atoms with van der Waals surface area (Å²) in [7, 11) is 0. The van der Waals surface area contributed by atoms with Gasteiger partial charge < -0.3 is 24.8 Å². The van der Waals surface area contributed by atoms with Crippen molar-refractivity contribution in [1.82, 2.24) is 0 Å². The number of hydrogen-bond donors (Lipinski definition) is 0. The van der Waals surface area contributed by atoms with Crippen molar-refractivity contribution < 1.29 is 46.5 Å². The first-order chi connectivity index (χ1) is 7.39. The summed E-state index contributed by atoms with van der Waals surface area (Å²) in [5, 5.41) is 0. The second-order valence-corrected chi connectivity index (χ2v) is 5.60. The van der Waals surface area contributed by atoms with Crippen molar-refractivity contribution >= 4 is 0 Å². The van der Waals surface area contributed by atoms with Crippen LogP contribution in [-0.2, 0) is 21.7 Å². The summed E-state index contributed by atoms with van der Waals surface area (Å²) >= 11 is 0. The Morgan fingerprint density at radius 3 is 2.21 bits per heavy atom. The molecule has 0 atom stereocenters. The van der Waals surface area contributed by atoms with E-state index in [1.165, 1.54) is 22.3 Å². The van der Waals surface area contributed by atoms with E-state index in [9.17, 15) is 0 Å². The molecule has 0 aromatic rings. The largest absolute Gasteiger partial charge is 3.00 e. The monoisotopic (exact) mass is 329 g/mol. The van der Waals surface area contributed by atoms with E-state index in [2.05, 4.69) is 58.6 Å². The molecular weight excluding hydrogens is 311 g/mol. The summed E-state index contributed by atoms with van der Waals surface area (Å²) in [5.74, 6) is 0. The molecule has 0 aromatic carbocycles. The van der Waals surface area contributed by atoms with Gasteiger partial charge in [-0.15, -0.1) is 17.2 Å². The first-order valence-corrected chi connectivity index (χ1v) is 5.81. The Morgan fingerprint density at radius 1 is 1.21 bits per heavy atom. The maximum atomic E-state index is 4.01. The summed E-state index contributed by atoms with van der Waals surface area (Å²) in [6, 6.07) is 0. The molecule has 0 saturated heterocycles. The van der Waals surface area contributed by atoms with Crippen LogP contribution in [0.15, 0.2) is 52.7 Å². The van der Waals surface area contributed by atoms with Crippen molar-refractivity contribution in [3.8, 4) is 0 Å². The molecular formula is C16H19Cl2Ti. The van der Waals surface area contributed by atoms with Crippen LogP contribution in [0, 0.1) is 11.5 Å². The smallest absolute Gasteiger partial charge is 1.00 e. The maximum Gasteiger partial charge on any atom is 3.00 e. The molecule has 0 saturated carbocycles. The van der Waals surface area contributed by atoms with E-state index in [1.54, 1.807) is 0 Å². The molecule has 2 rings (SSSR count). The Labute approximate surface area is 144 Å². The van der Waals surface area contributed by atoms with Gasteiger partial charge in [0, 0.05) is 0 Å². The van der Waals surface area contributed by atoms with E-state index in [-0.39, 0.29) is 51.9 Å². The van der Waals surface area contributed by atoms with Gasteiger partial charge >= 0.3 is 21.7 Å². The van der Waals surface area contributed by atoms with Gasteiger partial charge in [-0.25, -0.2) is 0 Å². The zero-order valence-electron chi connectivity index (χ0n) is 11.9. The predicted octanol–water partition coefficient (Wildman–Crippen LogP) is -1.46. The first-order valence-electron chi connectivity index (χ1n) is 5.81. The average molecular weight is 330 g/mol. The van der Waals surface area contributed by atoms with Crippen LogP contribution in [0.2, 0.25) is 0 Å². The van der Waals surface area contributed by atoms with Gasteiger partial charge in [0.2, 0.25) is 0 Å². The standard InChI is InChI=1S/C16H19.2ClH.Ti/c1-11-9-14(13-8-6-7-12(13)2)15(10-11)16(3,4)5;;;/h6-7,9H,1,8H2,2-5H3;2*1H;/q-1;;;+3/p-2. The SMILES string of the molecule is C=C1[C-]=C(C(C)(C)C)C(C2=C(C)C=CC2)=C1.[Cl-].[Cl-].[Ti+3]. The fourth-order valence-electron chi connectivity index (χ4n) is 2.28. The molecule has 19 heavy (non-hydrogen) atoms. The van der Waals surface area contributed by atoms with Gasteiger partial charge in [0.1, 0.15) is 0 Å². The molecule has 2 aliphatic rings. The van der Waals surface area contributed by atoms with Crippen molar-refractivity contribution in [1.29, 1.82) is 0 Å². The van der Waals surface area contributed by atoms with Gasteiger partial charge in [0.15, 0.2) is 0 Å². The summed E-state index contributed by atoms with van der Waals surface area (Å²) in [4.78, 5) is 0. The van der Waals surface area contributed by atoms with Gasteiger partial charge in [-0.05, 0) is 18.8 Å².